The molecule has 1 amide bonds. The van der Waals surface area contributed by atoms with Crippen molar-refractivity contribution in [2.75, 3.05) is 24.4 Å². The number of aliphatic hydroxyl groups excluding tert-OH is 1. The minimum Gasteiger partial charge on any atom is -0.497 e. The number of halogens is 2. The summed E-state index contributed by atoms with van der Waals surface area (Å²) in [5.41, 5.74) is -0.580. The molecule has 0 radical (unpaired) electrons. The van der Waals surface area contributed by atoms with Gasteiger partial charge in [-0.25, -0.2) is 27.8 Å². The molecular formula is C37H35F2N7O6. The summed E-state index contributed by atoms with van der Waals surface area (Å²) in [5, 5.41) is 20.5. The van der Waals surface area contributed by atoms with E-state index in [0.29, 0.717) is 29.1 Å². The van der Waals surface area contributed by atoms with Crippen LogP contribution in [0.5, 0.6) is 17.2 Å². The van der Waals surface area contributed by atoms with Crippen LogP contribution in [0.25, 0.3) is 16.7 Å². The zero-order valence-electron chi connectivity index (χ0n) is 28.6. The maximum Gasteiger partial charge on any atom is 0.335 e. The Morgan fingerprint density at radius 1 is 0.962 bits per heavy atom. The first-order valence-corrected chi connectivity index (χ1v) is 16.3. The number of aliphatic hydroxyl groups is 1. The molecule has 3 heterocycles. The van der Waals surface area contributed by atoms with Crippen LogP contribution < -0.4 is 31.4 Å². The van der Waals surface area contributed by atoms with E-state index in [1.165, 1.54) is 35.0 Å². The molecule has 0 aliphatic rings. The van der Waals surface area contributed by atoms with Gasteiger partial charge in [-0.05, 0) is 74.9 Å². The highest BCUT2D eigenvalue weighted by atomic mass is 19.1. The number of anilines is 2. The third-order valence-corrected chi connectivity index (χ3v) is 8.15. The zero-order valence-corrected chi connectivity index (χ0v) is 28.6. The van der Waals surface area contributed by atoms with Gasteiger partial charge in [-0.2, -0.15) is 5.10 Å². The number of aromatic nitrogens is 5. The molecule has 52 heavy (non-hydrogen) atoms. The van der Waals surface area contributed by atoms with E-state index in [9.17, 15) is 23.9 Å². The lowest BCUT2D eigenvalue weighted by Gasteiger charge is -2.16. The van der Waals surface area contributed by atoms with Crippen LogP contribution in [-0.4, -0.2) is 54.7 Å². The number of carbonyl (C=O) groups excluding carboxylic acids is 1. The van der Waals surface area contributed by atoms with Gasteiger partial charge in [0.25, 0.3) is 11.5 Å². The molecule has 3 aromatic heterocycles. The van der Waals surface area contributed by atoms with Gasteiger partial charge in [-0.15, -0.1) is 0 Å². The van der Waals surface area contributed by atoms with Crippen molar-refractivity contribution in [3.63, 3.8) is 0 Å². The van der Waals surface area contributed by atoms with Crippen molar-refractivity contribution in [1.82, 2.24) is 23.9 Å². The summed E-state index contributed by atoms with van der Waals surface area (Å²) in [6.07, 6.45) is 2.65. The van der Waals surface area contributed by atoms with Gasteiger partial charge in [0.05, 0.1) is 25.9 Å². The van der Waals surface area contributed by atoms with Crippen LogP contribution >= 0.6 is 0 Å². The fraction of sp³-hybridized carbons (Fsp3) is 0.216. The lowest BCUT2D eigenvalue weighted by Crippen LogP contribution is -2.42. The Morgan fingerprint density at radius 3 is 2.35 bits per heavy atom. The molecule has 0 unspecified atom stereocenters. The molecule has 13 nitrogen and oxygen atoms in total. The van der Waals surface area contributed by atoms with Crippen LogP contribution in [0.3, 0.4) is 0 Å². The maximum absolute atomic E-state index is 15.6. The number of methoxy groups -OCH3 is 1. The molecule has 0 fully saturated rings. The molecule has 0 saturated heterocycles. The van der Waals surface area contributed by atoms with E-state index >= 15 is 4.39 Å². The van der Waals surface area contributed by atoms with E-state index in [4.69, 9.17) is 9.47 Å². The second kappa shape index (κ2) is 14.9. The highest BCUT2D eigenvalue weighted by molar-refractivity contribution is 6.04. The van der Waals surface area contributed by atoms with Crippen LogP contribution in [0.4, 0.5) is 20.3 Å². The molecule has 0 spiro atoms. The van der Waals surface area contributed by atoms with Gasteiger partial charge in [0.15, 0.2) is 23.0 Å². The van der Waals surface area contributed by atoms with Crippen LogP contribution in [0.15, 0.2) is 94.8 Å². The number of hydrogen-bond acceptors (Lipinski definition) is 9. The number of ether oxygens (including phenoxy) is 2. The number of nitrogens with one attached hydrogen (secondary N) is 2. The van der Waals surface area contributed by atoms with Crippen LogP contribution in [0.1, 0.15) is 42.7 Å². The molecule has 6 aromatic rings. The van der Waals surface area contributed by atoms with Gasteiger partial charge in [-0.3, -0.25) is 14.2 Å². The fourth-order valence-corrected chi connectivity index (χ4v) is 5.44. The van der Waals surface area contributed by atoms with Crippen molar-refractivity contribution in [1.29, 1.82) is 0 Å². The number of hydrogen-bond donors (Lipinski definition) is 3. The Kier molecular flexibility index (Phi) is 10.1. The minimum atomic E-state index is -0.930. The topological polar surface area (TPSA) is 155 Å². The molecule has 3 N–H and O–H groups in total. The van der Waals surface area contributed by atoms with Crippen molar-refractivity contribution in [3.8, 4) is 22.9 Å². The van der Waals surface area contributed by atoms with Crippen molar-refractivity contribution < 1.29 is 28.2 Å². The highest BCUT2D eigenvalue weighted by Gasteiger charge is 2.22. The van der Waals surface area contributed by atoms with E-state index in [-0.39, 0.29) is 41.1 Å². The molecule has 268 valence electrons. The van der Waals surface area contributed by atoms with Crippen LogP contribution in [0.2, 0.25) is 0 Å². The van der Waals surface area contributed by atoms with Crippen LogP contribution in [0, 0.1) is 11.6 Å². The molecule has 1 atom stereocenters. The molecular weight excluding hydrogens is 676 g/mol. The Bertz CT molecular complexity index is 2370. The first kappa shape index (κ1) is 35.5. The van der Waals surface area contributed by atoms with E-state index in [0.717, 1.165) is 34.5 Å². The second-order valence-electron chi connectivity index (χ2n) is 12.2. The summed E-state index contributed by atoms with van der Waals surface area (Å²) in [6.45, 7) is 5.34. The minimum absolute atomic E-state index is 0.0104. The van der Waals surface area contributed by atoms with Gasteiger partial charge in [0.2, 0.25) is 0 Å². The predicted octanol–water partition coefficient (Wildman–Crippen LogP) is 5.50. The molecule has 0 aliphatic heterocycles. The predicted molar refractivity (Wildman–Crippen MR) is 191 cm³/mol. The summed E-state index contributed by atoms with van der Waals surface area (Å²) in [4.78, 5) is 44.5. The summed E-state index contributed by atoms with van der Waals surface area (Å²) in [7, 11) is 1.58. The van der Waals surface area contributed by atoms with Crippen molar-refractivity contribution in [2.24, 2.45) is 0 Å². The number of carbonyl (C=O) groups is 1. The standard InChI is InChI=1S/C37H35F2N7O6/c1-21(2)44-19-28(36(49)46(37(44)50)26-10-7-24(38)8-11-26)35(48)42-25-9-14-30(29(39)17-25)52-31-15-16-40-34-32(31)33(41-22(3)20-47)43-45(34)18-23-5-12-27(51-4)13-6-23/h5-17,19,21-22,47H,18,20H2,1-4H3,(H,41,43)(H,42,48)/t22-/m1/s1. The molecule has 0 saturated carbocycles. The van der Waals surface area contributed by atoms with E-state index < -0.39 is 34.8 Å². The van der Waals surface area contributed by atoms with Gasteiger partial charge in [0.1, 0.15) is 28.3 Å². The monoisotopic (exact) mass is 711 g/mol. The highest BCUT2D eigenvalue weighted by Crippen LogP contribution is 2.36. The number of pyridine rings is 1. The quantitative estimate of drug-likeness (QED) is 0.149. The average molecular weight is 712 g/mol. The lowest BCUT2D eigenvalue weighted by molar-refractivity contribution is 0.102. The number of rotatable bonds is 12. The summed E-state index contributed by atoms with van der Waals surface area (Å²) in [5.74, 6) is -1.16. The SMILES string of the molecule is COc1ccc(Cn2nc(N[C@H](C)CO)c3c(Oc4ccc(NC(=O)c5cn(C(C)C)c(=O)n(-c6ccc(F)cc6)c5=O)cc4F)ccnc32)cc1. The molecule has 0 aliphatic carbocycles. The fourth-order valence-electron chi connectivity index (χ4n) is 5.44. The molecule has 3 aromatic carbocycles. The maximum atomic E-state index is 15.6. The van der Waals surface area contributed by atoms with Gasteiger partial charge in [0, 0.05) is 42.3 Å². The third kappa shape index (κ3) is 7.25. The van der Waals surface area contributed by atoms with E-state index in [2.05, 4.69) is 20.7 Å². The lowest BCUT2D eigenvalue weighted by atomic mass is 10.2. The number of fused-ring (bicyclic) bond motifs is 1. The first-order valence-electron chi connectivity index (χ1n) is 16.3. The van der Waals surface area contributed by atoms with Crippen molar-refractivity contribution in [2.45, 2.75) is 39.4 Å². The van der Waals surface area contributed by atoms with E-state index in [1.807, 2.05) is 24.3 Å². The third-order valence-electron chi connectivity index (χ3n) is 8.15. The molecule has 0 bridgehead atoms. The van der Waals surface area contributed by atoms with Crippen LogP contribution in [-0.2, 0) is 6.54 Å². The Balaban J connectivity index is 1.30. The Morgan fingerprint density at radius 2 is 1.69 bits per heavy atom. The Labute approximate surface area is 295 Å². The zero-order chi connectivity index (χ0) is 37.1. The number of nitrogens with zero attached hydrogens (tertiary/aromatic N) is 5. The second-order valence-corrected chi connectivity index (χ2v) is 12.2. The van der Waals surface area contributed by atoms with Crippen molar-refractivity contribution in [3.05, 3.63) is 129 Å². The van der Waals surface area contributed by atoms with Crippen molar-refractivity contribution >= 4 is 28.4 Å². The molecule has 15 heteroatoms. The van der Waals surface area contributed by atoms with Gasteiger partial charge < -0.3 is 25.2 Å². The summed E-state index contributed by atoms with van der Waals surface area (Å²) < 4.78 is 44.2. The number of amides is 1. The van der Waals surface area contributed by atoms with Gasteiger partial charge >= 0.3 is 5.69 Å². The largest absolute Gasteiger partial charge is 0.497 e. The molecule has 6 rings (SSSR count). The van der Waals surface area contributed by atoms with E-state index in [1.54, 1.807) is 38.6 Å². The summed E-state index contributed by atoms with van der Waals surface area (Å²) in [6, 6.07) is 16.7. The number of benzene rings is 3. The first-order chi connectivity index (χ1) is 25.0. The van der Waals surface area contributed by atoms with Gasteiger partial charge in [-0.1, -0.05) is 12.1 Å². The average Bonchev–Trinajstić information content (AvgIpc) is 3.47. The smallest absolute Gasteiger partial charge is 0.335 e. The normalized spacial score (nSPS) is 11.8. The Hall–Kier alpha value is -6.35. The summed E-state index contributed by atoms with van der Waals surface area (Å²) >= 11 is 0.